The maximum absolute atomic E-state index is 14.6. The van der Waals surface area contributed by atoms with E-state index in [9.17, 15) is 44.7 Å². The Morgan fingerprint density at radius 3 is 1.19 bits per heavy atom. The topological polar surface area (TPSA) is 134 Å². The molecule has 0 saturated heterocycles. The van der Waals surface area contributed by atoms with E-state index in [1.807, 2.05) is 12.1 Å². The molecule has 8 nitrogen and oxygen atoms in total. The standard InChI is InChI=1S/C40H10F8N4O4S2/c41-29-17(11-49)30(42)34(46)27(33(29)45)37(53)23-1-3-25(57-23)39-51-19-7-13-5-16-10-22-20(8-14(16)6-15(13)9-21(19)55-39)52-40(56-22)26-4-2-24(58-26)38(54)28-35(47)31(43)18(12-50)32(44)36(28)48/h1-10H. The normalized spacial score (nSPS) is 11.6. The molecule has 0 N–H and O–H groups in total. The molecule has 0 aliphatic rings. The second-order valence-corrected chi connectivity index (χ2v) is 14.6. The molecule has 0 unspecified atom stereocenters. The van der Waals surface area contributed by atoms with Gasteiger partial charge in [0.1, 0.15) is 45.4 Å². The van der Waals surface area contributed by atoms with Gasteiger partial charge in [-0.15, -0.1) is 22.7 Å². The number of ketones is 2. The summed E-state index contributed by atoms with van der Waals surface area (Å²) < 4.78 is 127. The molecule has 0 atom stereocenters. The van der Waals surface area contributed by atoms with Crippen molar-refractivity contribution in [1.29, 1.82) is 10.5 Å². The fourth-order valence-electron chi connectivity index (χ4n) is 6.31. The molecule has 4 heterocycles. The summed E-state index contributed by atoms with van der Waals surface area (Å²) in [6.07, 6.45) is 0. The van der Waals surface area contributed by atoms with Gasteiger partial charge >= 0.3 is 0 Å². The van der Waals surface area contributed by atoms with Gasteiger partial charge in [-0.1, -0.05) is 0 Å². The molecular formula is C40H10F8N4O4S2. The summed E-state index contributed by atoms with van der Waals surface area (Å²) in [5, 5.41) is 20.5. The van der Waals surface area contributed by atoms with Crippen LogP contribution in [0.3, 0.4) is 0 Å². The van der Waals surface area contributed by atoms with Crippen LogP contribution in [0.1, 0.15) is 41.6 Å². The van der Waals surface area contributed by atoms with Gasteiger partial charge in [0.05, 0.1) is 19.5 Å². The van der Waals surface area contributed by atoms with Crippen LogP contribution in [0.4, 0.5) is 35.1 Å². The minimum atomic E-state index is -2.00. The second kappa shape index (κ2) is 13.2. The van der Waals surface area contributed by atoms with Crippen molar-refractivity contribution >= 4 is 78.0 Å². The highest BCUT2D eigenvalue weighted by Crippen LogP contribution is 2.38. The number of thiophene rings is 2. The van der Waals surface area contributed by atoms with Crippen molar-refractivity contribution in [2.45, 2.75) is 0 Å². The van der Waals surface area contributed by atoms with E-state index >= 15 is 0 Å². The molecule has 58 heavy (non-hydrogen) atoms. The average Bonchev–Trinajstić information content (AvgIpc) is 4.03. The molecule has 9 aromatic rings. The molecule has 9 rings (SSSR count). The number of carbonyl (C=O) groups excluding carboxylic acids is 2. The maximum Gasteiger partial charge on any atom is 0.237 e. The Bertz CT molecular complexity index is 3060. The summed E-state index contributed by atoms with van der Waals surface area (Å²) in [4.78, 5) is 34.8. The van der Waals surface area contributed by atoms with Crippen molar-refractivity contribution in [3.63, 3.8) is 0 Å². The molecule has 0 radical (unpaired) electrons. The summed E-state index contributed by atoms with van der Waals surface area (Å²) in [7, 11) is 0. The van der Waals surface area contributed by atoms with E-state index in [0.717, 1.165) is 12.1 Å². The average molecular weight is 827 g/mol. The van der Waals surface area contributed by atoms with Gasteiger partial charge in [-0.2, -0.15) is 10.5 Å². The summed E-state index contributed by atoms with van der Waals surface area (Å²) in [5.74, 6) is -18.6. The molecule has 0 aliphatic carbocycles. The molecule has 4 aromatic heterocycles. The van der Waals surface area contributed by atoms with E-state index in [1.165, 1.54) is 24.3 Å². The zero-order valence-electron chi connectivity index (χ0n) is 28.0. The van der Waals surface area contributed by atoms with E-state index in [1.54, 1.807) is 24.3 Å². The van der Waals surface area contributed by atoms with Gasteiger partial charge in [0.25, 0.3) is 0 Å². The van der Waals surface area contributed by atoms with Gasteiger partial charge in [-0.25, -0.2) is 45.1 Å². The number of halogens is 8. The highest BCUT2D eigenvalue weighted by Gasteiger charge is 2.32. The van der Waals surface area contributed by atoms with Gasteiger partial charge in [-0.3, -0.25) is 9.59 Å². The lowest BCUT2D eigenvalue weighted by Gasteiger charge is -2.06. The summed E-state index contributed by atoms with van der Waals surface area (Å²) in [5.41, 5.74) is -4.51. The summed E-state index contributed by atoms with van der Waals surface area (Å²) in [6, 6.07) is 17.7. The van der Waals surface area contributed by atoms with Crippen molar-refractivity contribution in [3.05, 3.63) is 139 Å². The largest absolute Gasteiger partial charge is 0.435 e. The van der Waals surface area contributed by atoms with Crippen LogP contribution in [0.15, 0.2) is 69.5 Å². The predicted molar refractivity (Wildman–Crippen MR) is 192 cm³/mol. The van der Waals surface area contributed by atoms with E-state index < -0.39 is 80.4 Å². The van der Waals surface area contributed by atoms with Crippen LogP contribution in [0, 0.1) is 69.2 Å². The molecule has 0 aliphatic heterocycles. The van der Waals surface area contributed by atoms with Crippen molar-refractivity contribution in [2.75, 3.05) is 0 Å². The van der Waals surface area contributed by atoms with Gasteiger partial charge in [0.2, 0.25) is 23.3 Å². The maximum atomic E-state index is 14.6. The fraction of sp³-hybridized carbons (Fsp3) is 0. The van der Waals surface area contributed by atoms with Crippen molar-refractivity contribution in [1.82, 2.24) is 9.97 Å². The lowest BCUT2D eigenvalue weighted by atomic mass is 10.0. The number of oxazole rings is 2. The van der Waals surface area contributed by atoms with Gasteiger partial charge in [0, 0.05) is 0 Å². The first-order chi connectivity index (χ1) is 27.8. The molecule has 5 aromatic carbocycles. The summed E-state index contributed by atoms with van der Waals surface area (Å²) in [6.45, 7) is 0. The molecule has 0 bridgehead atoms. The zero-order valence-corrected chi connectivity index (χ0v) is 29.7. The van der Waals surface area contributed by atoms with Crippen LogP contribution in [0.2, 0.25) is 0 Å². The SMILES string of the molecule is N#Cc1c(F)c(F)c(C(=O)c2ccc(-c3nc4cc5cc6cc7oc(-c8ccc(C(=O)c9c(F)c(F)c(C#N)c(F)c9F)s8)nc7cc6cc5cc4o3)s2)c(F)c1F. The van der Waals surface area contributed by atoms with E-state index in [4.69, 9.17) is 19.4 Å². The smallest absolute Gasteiger partial charge is 0.237 e. The first-order valence-corrected chi connectivity index (χ1v) is 17.8. The second-order valence-electron chi connectivity index (χ2n) is 12.4. The van der Waals surface area contributed by atoms with Crippen LogP contribution in [0.25, 0.3) is 65.3 Å². The Morgan fingerprint density at radius 2 is 0.845 bits per heavy atom. The number of hydrogen-bond acceptors (Lipinski definition) is 10. The Balaban J connectivity index is 1.02. The number of aromatic nitrogens is 2. The van der Waals surface area contributed by atoms with E-state index in [0.29, 0.717) is 66.4 Å². The molecule has 0 fully saturated rings. The first-order valence-electron chi connectivity index (χ1n) is 16.2. The first kappa shape index (κ1) is 36.4. The molecule has 18 heteroatoms. The molecule has 0 spiro atoms. The van der Waals surface area contributed by atoms with Crippen LogP contribution in [-0.4, -0.2) is 21.5 Å². The third kappa shape index (κ3) is 5.45. The van der Waals surface area contributed by atoms with Gasteiger partial charge in [0.15, 0.2) is 57.7 Å². The number of carbonyl (C=O) groups is 2. The minimum absolute atomic E-state index is 0.0382. The monoisotopic (exact) mass is 826 g/mol. The minimum Gasteiger partial charge on any atom is -0.435 e. The van der Waals surface area contributed by atoms with Gasteiger partial charge < -0.3 is 8.83 Å². The zero-order chi connectivity index (χ0) is 40.9. The third-order valence-electron chi connectivity index (χ3n) is 9.09. The van der Waals surface area contributed by atoms with E-state index in [-0.39, 0.29) is 31.3 Å². The molecule has 0 amide bonds. The Hall–Kier alpha value is -7.28. The highest BCUT2D eigenvalue weighted by molar-refractivity contribution is 7.17. The number of nitrogens with zero attached hydrogens (tertiary/aromatic N) is 4. The van der Waals surface area contributed by atoms with Crippen molar-refractivity contribution in [3.8, 4) is 33.7 Å². The number of rotatable bonds is 6. The fourth-order valence-corrected chi connectivity index (χ4v) is 8.07. The Morgan fingerprint density at radius 1 is 0.500 bits per heavy atom. The third-order valence-corrected chi connectivity index (χ3v) is 11.2. The lowest BCUT2D eigenvalue weighted by molar-refractivity contribution is 0.102. The lowest BCUT2D eigenvalue weighted by Crippen LogP contribution is -2.12. The molecular weight excluding hydrogens is 817 g/mol. The van der Waals surface area contributed by atoms with Crippen LogP contribution < -0.4 is 0 Å². The van der Waals surface area contributed by atoms with Crippen LogP contribution in [-0.2, 0) is 0 Å². The van der Waals surface area contributed by atoms with E-state index in [2.05, 4.69) is 9.97 Å². The van der Waals surface area contributed by atoms with Gasteiger partial charge in [-0.05, 0) is 82.2 Å². The molecule has 0 saturated carbocycles. The number of fused-ring (bicyclic) bond motifs is 4. The van der Waals surface area contributed by atoms with Crippen LogP contribution in [0.5, 0.6) is 0 Å². The predicted octanol–water partition coefficient (Wildman–Crippen LogP) is 11.1. The Kier molecular flexibility index (Phi) is 8.25. The number of hydrogen-bond donors (Lipinski definition) is 0. The summed E-state index contributed by atoms with van der Waals surface area (Å²) >= 11 is 1.41. The quantitative estimate of drug-likeness (QED) is 0.0700. The Labute approximate surface area is 324 Å². The number of benzene rings is 5. The number of nitriles is 2. The van der Waals surface area contributed by atoms with Crippen LogP contribution >= 0.6 is 22.7 Å². The highest BCUT2D eigenvalue weighted by atomic mass is 32.1. The molecule has 282 valence electrons. The van der Waals surface area contributed by atoms with Crippen molar-refractivity contribution in [2.24, 2.45) is 0 Å². The van der Waals surface area contributed by atoms with Crippen molar-refractivity contribution < 1.29 is 53.5 Å².